The molecule has 1 amide bonds. The second-order valence-corrected chi connectivity index (χ2v) is 6.80. The molecule has 2 unspecified atom stereocenters. The Bertz CT molecular complexity index is 842. The molecule has 0 saturated carbocycles. The lowest BCUT2D eigenvalue weighted by Crippen LogP contribution is -2.33. The van der Waals surface area contributed by atoms with Gasteiger partial charge in [0.2, 0.25) is 0 Å². The molecule has 0 aliphatic rings. The summed E-state index contributed by atoms with van der Waals surface area (Å²) in [5, 5.41) is 3.06. The van der Waals surface area contributed by atoms with Gasteiger partial charge >= 0.3 is 0 Å². The van der Waals surface area contributed by atoms with E-state index in [1.165, 1.54) is 0 Å². The van der Waals surface area contributed by atoms with Crippen LogP contribution in [-0.4, -0.2) is 17.5 Å². The molecule has 0 aliphatic heterocycles. The van der Waals surface area contributed by atoms with Gasteiger partial charge in [-0.2, -0.15) is 0 Å². The predicted octanol–water partition coefficient (Wildman–Crippen LogP) is 4.88. The first kappa shape index (κ1) is 19.6. The highest BCUT2D eigenvalue weighted by Gasteiger charge is 2.18. The largest absolute Gasteiger partial charge is 0.483 e. The van der Waals surface area contributed by atoms with E-state index in [1.54, 1.807) is 6.20 Å². The third kappa shape index (κ3) is 4.97. The molecule has 1 heterocycles. The second kappa shape index (κ2) is 9.70. The van der Waals surface area contributed by atoms with Crippen molar-refractivity contribution in [1.29, 1.82) is 0 Å². The minimum atomic E-state index is -0.316. The smallest absolute Gasteiger partial charge is 0.258 e. The lowest BCUT2D eigenvalue weighted by Gasteiger charge is -2.20. The molecule has 0 aliphatic carbocycles. The molecule has 3 rings (SSSR count). The molecule has 0 saturated heterocycles. The van der Waals surface area contributed by atoms with Gasteiger partial charge in [-0.1, -0.05) is 68.4 Å². The second-order valence-electron chi connectivity index (χ2n) is 6.80. The van der Waals surface area contributed by atoms with E-state index < -0.39 is 0 Å². The number of nitrogens with one attached hydrogen (secondary N) is 1. The summed E-state index contributed by atoms with van der Waals surface area (Å²) in [4.78, 5) is 17.1. The SMILES string of the molecule is CCC(C)c1ccccc1OCC(=O)NC(c1ccccc1)c1ccccn1. The number of nitrogens with zero attached hydrogens (tertiary/aromatic N) is 1. The van der Waals surface area contributed by atoms with Gasteiger partial charge in [-0.3, -0.25) is 9.78 Å². The Morgan fingerprint density at radius 1 is 1.00 bits per heavy atom. The van der Waals surface area contributed by atoms with E-state index in [2.05, 4.69) is 30.2 Å². The number of rotatable bonds is 8. The van der Waals surface area contributed by atoms with Crippen molar-refractivity contribution in [3.05, 3.63) is 95.8 Å². The number of hydrogen-bond donors (Lipinski definition) is 1. The number of benzene rings is 2. The van der Waals surface area contributed by atoms with Crippen LogP contribution in [0.5, 0.6) is 5.75 Å². The number of para-hydroxylation sites is 1. The zero-order valence-electron chi connectivity index (χ0n) is 16.3. The van der Waals surface area contributed by atoms with E-state index >= 15 is 0 Å². The molecule has 0 fully saturated rings. The van der Waals surface area contributed by atoms with Crippen molar-refractivity contribution < 1.29 is 9.53 Å². The molecular formula is C24H26N2O2. The fraction of sp³-hybridized carbons (Fsp3) is 0.250. The Hall–Kier alpha value is -3.14. The van der Waals surface area contributed by atoms with Crippen molar-refractivity contribution in [1.82, 2.24) is 10.3 Å². The van der Waals surface area contributed by atoms with Crippen LogP contribution in [0.25, 0.3) is 0 Å². The Morgan fingerprint density at radius 3 is 2.43 bits per heavy atom. The van der Waals surface area contributed by atoms with Crippen molar-refractivity contribution in [3.8, 4) is 5.75 Å². The highest BCUT2D eigenvalue weighted by atomic mass is 16.5. The average Bonchev–Trinajstić information content (AvgIpc) is 2.77. The molecule has 4 nitrogen and oxygen atoms in total. The van der Waals surface area contributed by atoms with Crippen molar-refractivity contribution in [2.75, 3.05) is 6.61 Å². The monoisotopic (exact) mass is 374 g/mol. The van der Waals surface area contributed by atoms with Crippen molar-refractivity contribution in [3.63, 3.8) is 0 Å². The van der Waals surface area contributed by atoms with Gasteiger partial charge in [0.05, 0.1) is 11.7 Å². The summed E-state index contributed by atoms with van der Waals surface area (Å²) in [5.41, 5.74) is 2.90. The molecule has 1 aromatic heterocycles. The van der Waals surface area contributed by atoms with Crippen LogP contribution in [0.2, 0.25) is 0 Å². The van der Waals surface area contributed by atoms with Crippen molar-refractivity contribution in [2.24, 2.45) is 0 Å². The van der Waals surface area contributed by atoms with E-state index in [0.29, 0.717) is 5.92 Å². The summed E-state index contributed by atoms with van der Waals surface area (Å²) < 4.78 is 5.86. The Kier molecular flexibility index (Phi) is 6.79. The summed E-state index contributed by atoms with van der Waals surface area (Å²) in [7, 11) is 0. The van der Waals surface area contributed by atoms with Gasteiger partial charge < -0.3 is 10.1 Å². The van der Waals surface area contributed by atoms with E-state index in [-0.39, 0.29) is 18.6 Å². The number of carbonyl (C=O) groups is 1. The Balaban J connectivity index is 1.72. The number of ether oxygens (including phenoxy) is 1. The highest BCUT2D eigenvalue weighted by molar-refractivity contribution is 5.78. The number of pyridine rings is 1. The van der Waals surface area contributed by atoms with Crippen molar-refractivity contribution in [2.45, 2.75) is 32.2 Å². The molecule has 2 atom stereocenters. The lowest BCUT2D eigenvalue weighted by atomic mass is 9.98. The van der Waals surface area contributed by atoms with Crippen LogP contribution < -0.4 is 10.1 Å². The highest BCUT2D eigenvalue weighted by Crippen LogP contribution is 2.28. The van der Waals surface area contributed by atoms with Gasteiger partial charge in [0.25, 0.3) is 5.91 Å². The Morgan fingerprint density at radius 2 is 1.71 bits per heavy atom. The maximum Gasteiger partial charge on any atom is 0.258 e. The first-order valence-electron chi connectivity index (χ1n) is 9.66. The van der Waals surface area contributed by atoms with Crippen LogP contribution in [0.1, 0.15) is 49.0 Å². The molecule has 2 aromatic carbocycles. The fourth-order valence-electron chi connectivity index (χ4n) is 3.11. The van der Waals surface area contributed by atoms with Crippen LogP contribution in [-0.2, 0) is 4.79 Å². The standard InChI is InChI=1S/C24H26N2O2/c1-3-18(2)20-13-7-8-15-22(20)28-17-23(27)26-24(19-11-5-4-6-12-19)21-14-9-10-16-25-21/h4-16,18,24H,3,17H2,1-2H3,(H,26,27). The van der Waals surface area contributed by atoms with E-state index in [4.69, 9.17) is 4.74 Å². The third-order valence-corrected chi connectivity index (χ3v) is 4.84. The molecule has 0 spiro atoms. The maximum atomic E-state index is 12.7. The zero-order valence-corrected chi connectivity index (χ0v) is 16.3. The van der Waals surface area contributed by atoms with Crippen LogP contribution in [0.4, 0.5) is 0 Å². The van der Waals surface area contributed by atoms with Gasteiger partial charge in [-0.15, -0.1) is 0 Å². The summed E-state index contributed by atoms with van der Waals surface area (Å²) in [6, 6.07) is 23.1. The normalized spacial score (nSPS) is 12.8. The van der Waals surface area contributed by atoms with Gasteiger partial charge in [0.1, 0.15) is 5.75 Å². The topological polar surface area (TPSA) is 51.2 Å². The molecule has 144 valence electrons. The van der Waals surface area contributed by atoms with Gasteiger partial charge in [0.15, 0.2) is 6.61 Å². The van der Waals surface area contributed by atoms with E-state index in [1.807, 2.05) is 66.7 Å². The van der Waals surface area contributed by atoms with Crippen molar-refractivity contribution >= 4 is 5.91 Å². The van der Waals surface area contributed by atoms with Gasteiger partial charge in [-0.25, -0.2) is 0 Å². The molecule has 3 aromatic rings. The zero-order chi connectivity index (χ0) is 19.8. The maximum absolute atomic E-state index is 12.7. The predicted molar refractivity (Wildman–Crippen MR) is 111 cm³/mol. The molecule has 0 radical (unpaired) electrons. The third-order valence-electron chi connectivity index (χ3n) is 4.84. The molecule has 0 bridgehead atoms. The molecule has 4 heteroatoms. The van der Waals surface area contributed by atoms with Crippen LogP contribution >= 0.6 is 0 Å². The van der Waals surface area contributed by atoms with Crippen LogP contribution in [0, 0.1) is 0 Å². The molecular weight excluding hydrogens is 348 g/mol. The number of aromatic nitrogens is 1. The number of carbonyl (C=O) groups excluding carboxylic acids is 1. The summed E-state index contributed by atoms with van der Waals surface area (Å²) >= 11 is 0. The summed E-state index contributed by atoms with van der Waals surface area (Å²) in [6.07, 6.45) is 2.75. The number of hydrogen-bond acceptors (Lipinski definition) is 3. The molecule has 1 N–H and O–H groups in total. The van der Waals surface area contributed by atoms with Crippen LogP contribution in [0.3, 0.4) is 0 Å². The van der Waals surface area contributed by atoms with Crippen LogP contribution in [0.15, 0.2) is 79.0 Å². The summed E-state index contributed by atoms with van der Waals surface area (Å²) in [5.74, 6) is 0.962. The summed E-state index contributed by atoms with van der Waals surface area (Å²) in [6.45, 7) is 4.27. The van der Waals surface area contributed by atoms with E-state index in [9.17, 15) is 4.79 Å². The minimum absolute atomic E-state index is 0.0381. The Labute approximate surface area is 166 Å². The quantitative estimate of drug-likeness (QED) is 0.611. The van der Waals surface area contributed by atoms with Gasteiger partial charge in [-0.05, 0) is 41.7 Å². The first-order chi connectivity index (χ1) is 13.7. The molecule has 28 heavy (non-hydrogen) atoms. The minimum Gasteiger partial charge on any atom is -0.483 e. The van der Waals surface area contributed by atoms with Gasteiger partial charge in [0, 0.05) is 6.20 Å². The first-order valence-corrected chi connectivity index (χ1v) is 9.66. The fourth-order valence-corrected chi connectivity index (χ4v) is 3.11. The lowest BCUT2D eigenvalue weighted by molar-refractivity contribution is -0.123. The number of amides is 1. The average molecular weight is 374 g/mol. The van der Waals surface area contributed by atoms with E-state index in [0.717, 1.165) is 29.0 Å².